The third-order valence-corrected chi connectivity index (χ3v) is 4.14. The number of imide groups is 2. The summed E-state index contributed by atoms with van der Waals surface area (Å²) >= 11 is 0. The van der Waals surface area contributed by atoms with Crippen molar-refractivity contribution in [3.05, 3.63) is 0 Å². The molecule has 2 saturated heterocycles. The van der Waals surface area contributed by atoms with Gasteiger partial charge >= 0.3 is 6.03 Å². The Kier molecular flexibility index (Phi) is 4.75. The molecule has 2 fully saturated rings. The molecular weight excluding hydrogens is 258 g/mol. The third kappa shape index (κ3) is 3.00. The topological polar surface area (TPSA) is 69.7 Å². The van der Waals surface area contributed by atoms with E-state index in [1.165, 1.54) is 17.7 Å². The van der Waals surface area contributed by atoms with Gasteiger partial charge in [-0.2, -0.15) is 0 Å². The highest BCUT2D eigenvalue weighted by molar-refractivity contribution is 6.16. The van der Waals surface area contributed by atoms with Crippen molar-refractivity contribution in [3.63, 3.8) is 0 Å². The minimum absolute atomic E-state index is 0.141. The molecule has 0 spiro atoms. The number of amides is 4. The molecule has 2 heterocycles. The lowest BCUT2D eigenvalue weighted by Crippen LogP contribution is -2.60. The maximum Gasteiger partial charge on any atom is 0.330 e. The average molecular weight is 281 g/mol. The molecule has 4 amide bonds. The zero-order valence-electron chi connectivity index (χ0n) is 12.2. The van der Waals surface area contributed by atoms with Gasteiger partial charge in [-0.15, -0.1) is 0 Å². The molecule has 2 rings (SSSR count). The van der Waals surface area contributed by atoms with E-state index in [1.807, 2.05) is 13.8 Å². The lowest BCUT2D eigenvalue weighted by atomic mass is 9.99. The number of rotatable bonds is 5. The highest BCUT2D eigenvalue weighted by Crippen LogP contribution is 2.18. The van der Waals surface area contributed by atoms with Gasteiger partial charge < -0.3 is 0 Å². The van der Waals surface area contributed by atoms with Crippen molar-refractivity contribution in [1.82, 2.24) is 15.1 Å². The summed E-state index contributed by atoms with van der Waals surface area (Å²) in [6, 6.07) is -0.430. The van der Waals surface area contributed by atoms with Gasteiger partial charge in [-0.05, 0) is 39.3 Å². The quantitative estimate of drug-likeness (QED) is 0.762. The molecule has 6 nitrogen and oxygen atoms in total. The van der Waals surface area contributed by atoms with E-state index in [4.69, 9.17) is 0 Å². The van der Waals surface area contributed by atoms with Crippen molar-refractivity contribution in [2.75, 3.05) is 19.6 Å². The lowest BCUT2D eigenvalue weighted by Gasteiger charge is -2.34. The zero-order valence-corrected chi connectivity index (χ0v) is 12.2. The van der Waals surface area contributed by atoms with Crippen molar-refractivity contribution in [2.24, 2.45) is 5.92 Å². The Morgan fingerprint density at radius 3 is 2.50 bits per heavy atom. The first-order valence-electron chi connectivity index (χ1n) is 7.44. The van der Waals surface area contributed by atoms with E-state index in [9.17, 15) is 14.4 Å². The fourth-order valence-corrected chi connectivity index (χ4v) is 2.94. The van der Waals surface area contributed by atoms with Crippen LogP contribution in [0.2, 0.25) is 0 Å². The van der Waals surface area contributed by atoms with Crippen molar-refractivity contribution >= 4 is 17.8 Å². The van der Waals surface area contributed by atoms with Crippen LogP contribution in [0, 0.1) is 5.92 Å². The van der Waals surface area contributed by atoms with Crippen LogP contribution in [0.25, 0.3) is 0 Å². The van der Waals surface area contributed by atoms with Gasteiger partial charge in [-0.3, -0.25) is 24.7 Å². The van der Waals surface area contributed by atoms with Crippen LogP contribution in [-0.4, -0.2) is 53.3 Å². The van der Waals surface area contributed by atoms with Crippen LogP contribution >= 0.6 is 0 Å². The van der Waals surface area contributed by atoms with Crippen LogP contribution in [0.5, 0.6) is 0 Å². The fourth-order valence-electron chi connectivity index (χ4n) is 2.94. The van der Waals surface area contributed by atoms with E-state index >= 15 is 0 Å². The van der Waals surface area contributed by atoms with E-state index in [0.29, 0.717) is 13.0 Å². The van der Waals surface area contributed by atoms with Gasteiger partial charge in [-0.25, -0.2) is 4.79 Å². The second-order valence-corrected chi connectivity index (χ2v) is 5.68. The van der Waals surface area contributed by atoms with Gasteiger partial charge in [0.1, 0.15) is 5.92 Å². The Morgan fingerprint density at radius 2 is 1.90 bits per heavy atom. The predicted molar refractivity (Wildman–Crippen MR) is 73.9 cm³/mol. The van der Waals surface area contributed by atoms with E-state index in [1.54, 1.807) is 0 Å². The third-order valence-electron chi connectivity index (χ3n) is 4.14. The van der Waals surface area contributed by atoms with Gasteiger partial charge in [-0.1, -0.05) is 13.3 Å². The molecule has 2 aliphatic heterocycles. The molecule has 2 unspecified atom stereocenters. The molecule has 2 atom stereocenters. The maximum atomic E-state index is 12.3. The molecule has 0 aromatic carbocycles. The number of barbiturate groups is 1. The minimum Gasteiger partial charge on any atom is -0.299 e. The summed E-state index contributed by atoms with van der Waals surface area (Å²) in [6.07, 6.45) is 3.57. The summed E-state index contributed by atoms with van der Waals surface area (Å²) in [4.78, 5) is 39.4. The second-order valence-electron chi connectivity index (χ2n) is 5.68. The summed E-state index contributed by atoms with van der Waals surface area (Å²) in [6.45, 7) is 6.34. The highest BCUT2D eigenvalue weighted by Gasteiger charge is 2.40. The van der Waals surface area contributed by atoms with E-state index in [0.717, 1.165) is 19.5 Å². The van der Waals surface area contributed by atoms with Crippen molar-refractivity contribution in [2.45, 2.75) is 45.6 Å². The number of nitrogens with zero attached hydrogens (tertiary/aromatic N) is 2. The Balaban J connectivity index is 2.02. The molecule has 6 heteroatoms. The molecule has 0 aromatic rings. The normalized spacial score (nSPS) is 26.0. The summed E-state index contributed by atoms with van der Waals surface area (Å²) in [5.41, 5.74) is 0. The van der Waals surface area contributed by atoms with E-state index < -0.39 is 17.9 Å². The van der Waals surface area contributed by atoms with Crippen LogP contribution in [0.3, 0.4) is 0 Å². The number of urea groups is 1. The standard InChI is InChI=1S/C14H23N3O3/c1-3-6-11-12(18)15-14(20)17(13(11)19)9-10(2)16-7-4-5-8-16/h10-11H,3-9H2,1-2H3,(H,15,18,20). The molecule has 0 aliphatic carbocycles. The SMILES string of the molecule is CCCC1C(=O)NC(=O)N(CC(C)N2CCCC2)C1=O. The van der Waals surface area contributed by atoms with Crippen LogP contribution < -0.4 is 5.32 Å². The maximum absolute atomic E-state index is 12.3. The molecule has 2 aliphatic rings. The van der Waals surface area contributed by atoms with Gasteiger partial charge in [0.25, 0.3) is 0 Å². The van der Waals surface area contributed by atoms with Crippen molar-refractivity contribution < 1.29 is 14.4 Å². The van der Waals surface area contributed by atoms with Crippen molar-refractivity contribution in [1.29, 1.82) is 0 Å². The Hall–Kier alpha value is -1.43. The Labute approximate surface area is 119 Å². The number of hydrogen-bond donors (Lipinski definition) is 1. The summed E-state index contributed by atoms with van der Waals surface area (Å²) in [7, 11) is 0. The molecule has 112 valence electrons. The lowest BCUT2D eigenvalue weighted by molar-refractivity contribution is -0.143. The largest absolute Gasteiger partial charge is 0.330 e. The minimum atomic E-state index is -0.705. The summed E-state index contributed by atoms with van der Waals surface area (Å²) in [5, 5.41) is 2.30. The molecular formula is C14H23N3O3. The van der Waals surface area contributed by atoms with Crippen LogP contribution in [0.1, 0.15) is 39.5 Å². The second kappa shape index (κ2) is 6.35. The van der Waals surface area contributed by atoms with E-state index in [-0.39, 0.29) is 11.9 Å². The molecule has 0 saturated carbocycles. The first kappa shape index (κ1) is 15.0. The zero-order chi connectivity index (χ0) is 14.7. The van der Waals surface area contributed by atoms with Crippen molar-refractivity contribution in [3.8, 4) is 0 Å². The number of nitrogens with one attached hydrogen (secondary N) is 1. The monoisotopic (exact) mass is 281 g/mol. The molecule has 1 N–H and O–H groups in total. The van der Waals surface area contributed by atoms with E-state index in [2.05, 4.69) is 10.2 Å². The summed E-state index contributed by atoms with van der Waals surface area (Å²) < 4.78 is 0. The van der Waals surface area contributed by atoms with Gasteiger partial charge in [0.15, 0.2) is 0 Å². The van der Waals surface area contributed by atoms with Crippen LogP contribution in [0.15, 0.2) is 0 Å². The Bertz CT molecular complexity index is 404. The Morgan fingerprint density at radius 1 is 1.25 bits per heavy atom. The molecule has 0 aromatic heterocycles. The predicted octanol–water partition coefficient (Wildman–Crippen LogP) is 0.965. The van der Waals surface area contributed by atoms with Gasteiger partial charge in [0.2, 0.25) is 11.8 Å². The average Bonchev–Trinajstić information content (AvgIpc) is 2.93. The summed E-state index contributed by atoms with van der Waals surface area (Å²) in [5.74, 6) is -1.50. The van der Waals surface area contributed by atoms with Gasteiger partial charge in [0, 0.05) is 12.6 Å². The number of carbonyl (C=O) groups excluding carboxylic acids is 3. The number of likely N-dealkylation sites (tertiary alicyclic amines) is 1. The van der Waals surface area contributed by atoms with Gasteiger partial charge in [0.05, 0.1) is 0 Å². The molecule has 20 heavy (non-hydrogen) atoms. The fraction of sp³-hybridized carbons (Fsp3) is 0.786. The first-order valence-corrected chi connectivity index (χ1v) is 7.44. The molecule has 0 radical (unpaired) electrons. The molecule has 0 bridgehead atoms. The smallest absolute Gasteiger partial charge is 0.299 e. The first-order chi connectivity index (χ1) is 9.54. The van der Waals surface area contributed by atoms with Crippen LogP contribution in [0.4, 0.5) is 4.79 Å². The highest BCUT2D eigenvalue weighted by atomic mass is 16.2. The van der Waals surface area contributed by atoms with Crippen LogP contribution in [-0.2, 0) is 9.59 Å². The number of carbonyl (C=O) groups is 3. The number of hydrogen-bond acceptors (Lipinski definition) is 4.